The first-order chi connectivity index (χ1) is 12.8. The van der Waals surface area contributed by atoms with E-state index in [9.17, 15) is 4.79 Å². The molecule has 5 nitrogen and oxygen atoms in total. The second-order valence-corrected chi connectivity index (χ2v) is 6.89. The number of rotatable bonds is 3. The summed E-state index contributed by atoms with van der Waals surface area (Å²) in [5, 5.41) is 3.23. The van der Waals surface area contributed by atoms with Crippen LogP contribution in [-0.2, 0) is 6.42 Å². The average Bonchev–Trinajstić information content (AvgIpc) is 3.11. The van der Waals surface area contributed by atoms with Crippen molar-refractivity contribution < 1.29 is 9.53 Å². The van der Waals surface area contributed by atoms with Gasteiger partial charge in [0.2, 0.25) is 0 Å². The molecule has 2 aromatic rings. The van der Waals surface area contributed by atoms with E-state index in [0.717, 1.165) is 50.5 Å². The summed E-state index contributed by atoms with van der Waals surface area (Å²) < 4.78 is 5.46. The minimum absolute atomic E-state index is 0.0476. The second kappa shape index (κ2) is 7.28. The van der Waals surface area contributed by atoms with Crippen LogP contribution in [0.1, 0.15) is 23.6 Å². The molecule has 1 saturated heterocycles. The van der Waals surface area contributed by atoms with Crippen molar-refractivity contribution in [3.8, 4) is 5.75 Å². The summed E-state index contributed by atoms with van der Waals surface area (Å²) in [7, 11) is 1.70. The van der Waals surface area contributed by atoms with E-state index in [1.54, 1.807) is 7.11 Å². The van der Waals surface area contributed by atoms with Gasteiger partial charge in [-0.1, -0.05) is 36.4 Å². The van der Waals surface area contributed by atoms with Crippen LogP contribution in [0, 0.1) is 0 Å². The number of urea groups is 1. The van der Waals surface area contributed by atoms with Gasteiger partial charge in [0.25, 0.3) is 0 Å². The maximum absolute atomic E-state index is 12.7. The van der Waals surface area contributed by atoms with E-state index < -0.39 is 0 Å². The lowest BCUT2D eigenvalue weighted by molar-refractivity contribution is 0.190. The third-order valence-electron chi connectivity index (χ3n) is 5.42. The molecule has 0 radical (unpaired) electrons. The molecular formula is C21H25N3O2. The van der Waals surface area contributed by atoms with Crippen molar-refractivity contribution in [2.45, 2.75) is 18.9 Å². The Morgan fingerprint density at radius 2 is 1.77 bits per heavy atom. The molecule has 0 bridgehead atoms. The SMILES string of the molecule is COc1ccccc1N1CCN(C(=O)NC2CCc3ccccc32)CC1. The molecule has 0 saturated carbocycles. The highest BCUT2D eigenvalue weighted by molar-refractivity contribution is 5.75. The van der Waals surface area contributed by atoms with E-state index in [0.29, 0.717) is 0 Å². The summed E-state index contributed by atoms with van der Waals surface area (Å²) in [6.07, 6.45) is 2.04. The van der Waals surface area contributed by atoms with Crippen LogP contribution < -0.4 is 15.0 Å². The monoisotopic (exact) mass is 351 g/mol. The van der Waals surface area contributed by atoms with Crippen molar-refractivity contribution in [1.82, 2.24) is 10.2 Å². The van der Waals surface area contributed by atoms with Crippen LogP contribution in [0.2, 0.25) is 0 Å². The number of hydrogen-bond acceptors (Lipinski definition) is 3. The lowest BCUT2D eigenvalue weighted by Gasteiger charge is -2.37. The maximum Gasteiger partial charge on any atom is 0.318 e. The summed E-state index contributed by atoms with van der Waals surface area (Å²) in [6, 6.07) is 16.7. The molecule has 0 spiro atoms. The third-order valence-corrected chi connectivity index (χ3v) is 5.42. The lowest BCUT2D eigenvalue weighted by Crippen LogP contribution is -2.52. The quantitative estimate of drug-likeness (QED) is 0.923. The molecule has 5 heteroatoms. The summed E-state index contributed by atoms with van der Waals surface area (Å²) in [6.45, 7) is 3.07. The average molecular weight is 351 g/mol. The number of nitrogens with zero attached hydrogens (tertiary/aromatic N) is 2. The second-order valence-electron chi connectivity index (χ2n) is 6.89. The molecule has 26 heavy (non-hydrogen) atoms. The first-order valence-corrected chi connectivity index (χ1v) is 9.27. The summed E-state index contributed by atoms with van der Waals surface area (Å²) >= 11 is 0. The van der Waals surface area contributed by atoms with Crippen molar-refractivity contribution in [2.24, 2.45) is 0 Å². The Morgan fingerprint density at radius 3 is 2.58 bits per heavy atom. The van der Waals surface area contributed by atoms with Crippen LogP contribution in [0.25, 0.3) is 0 Å². The number of benzene rings is 2. The number of amides is 2. The van der Waals surface area contributed by atoms with Crippen molar-refractivity contribution >= 4 is 11.7 Å². The predicted octanol–water partition coefficient (Wildman–Crippen LogP) is 3.21. The fraction of sp³-hybridized carbons (Fsp3) is 0.381. The van der Waals surface area contributed by atoms with Gasteiger partial charge in [-0.2, -0.15) is 0 Å². The zero-order valence-electron chi connectivity index (χ0n) is 15.1. The number of piperazine rings is 1. The number of methoxy groups -OCH3 is 1. The van der Waals surface area contributed by atoms with Gasteiger partial charge in [0.05, 0.1) is 18.8 Å². The molecule has 1 aliphatic carbocycles. The predicted molar refractivity (Wildman–Crippen MR) is 103 cm³/mol. The maximum atomic E-state index is 12.7. The van der Waals surface area contributed by atoms with E-state index in [1.165, 1.54) is 11.1 Å². The summed E-state index contributed by atoms with van der Waals surface area (Å²) in [5.41, 5.74) is 3.73. The number of carbonyl (C=O) groups excluding carboxylic acids is 1. The minimum Gasteiger partial charge on any atom is -0.495 e. The van der Waals surface area contributed by atoms with Crippen molar-refractivity contribution in [2.75, 3.05) is 38.2 Å². The molecule has 136 valence electrons. The summed E-state index contributed by atoms with van der Waals surface area (Å²) in [4.78, 5) is 16.9. The standard InChI is InChI=1S/C21H25N3O2/c1-26-20-9-5-4-8-19(20)23-12-14-24(15-13-23)21(25)22-18-11-10-16-6-2-3-7-17(16)18/h2-9,18H,10-15H2,1H3,(H,22,25). The fourth-order valence-corrected chi connectivity index (χ4v) is 3.99. The highest BCUT2D eigenvalue weighted by atomic mass is 16.5. The highest BCUT2D eigenvalue weighted by Crippen LogP contribution is 2.31. The van der Waals surface area contributed by atoms with E-state index in [1.807, 2.05) is 23.1 Å². The molecule has 1 unspecified atom stereocenters. The van der Waals surface area contributed by atoms with Crippen LogP contribution in [0.15, 0.2) is 48.5 Å². The zero-order valence-corrected chi connectivity index (χ0v) is 15.1. The van der Waals surface area contributed by atoms with E-state index in [-0.39, 0.29) is 12.1 Å². The molecule has 1 heterocycles. The number of aryl methyl sites for hydroxylation is 1. The molecule has 1 fully saturated rings. The van der Waals surface area contributed by atoms with Gasteiger partial charge in [0.15, 0.2) is 0 Å². The Labute approximate surface area is 154 Å². The van der Waals surface area contributed by atoms with E-state index in [4.69, 9.17) is 4.74 Å². The van der Waals surface area contributed by atoms with Crippen molar-refractivity contribution in [1.29, 1.82) is 0 Å². The lowest BCUT2D eigenvalue weighted by atomic mass is 10.1. The van der Waals surface area contributed by atoms with Gasteiger partial charge in [-0.3, -0.25) is 0 Å². The molecular weight excluding hydrogens is 326 g/mol. The van der Waals surface area contributed by atoms with Crippen molar-refractivity contribution in [3.63, 3.8) is 0 Å². The smallest absolute Gasteiger partial charge is 0.318 e. The van der Waals surface area contributed by atoms with E-state index >= 15 is 0 Å². The van der Waals surface area contributed by atoms with Crippen LogP contribution in [-0.4, -0.2) is 44.2 Å². The minimum atomic E-state index is 0.0476. The number of anilines is 1. The molecule has 2 aliphatic rings. The van der Waals surface area contributed by atoms with Gasteiger partial charge in [-0.05, 0) is 36.1 Å². The third kappa shape index (κ3) is 3.21. The molecule has 1 aliphatic heterocycles. The van der Waals surface area contributed by atoms with Crippen LogP contribution >= 0.6 is 0 Å². The number of hydrogen-bond donors (Lipinski definition) is 1. The van der Waals surface area contributed by atoms with Crippen molar-refractivity contribution in [3.05, 3.63) is 59.7 Å². The van der Waals surface area contributed by atoms with Gasteiger partial charge in [0, 0.05) is 26.2 Å². The summed E-state index contributed by atoms with van der Waals surface area (Å²) in [5.74, 6) is 0.882. The number of ether oxygens (including phenoxy) is 1. The Balaban J connectivity index is 1.36. The van der Waals surface area contributed by atoms with Gasteiger partial charge in [-0.25, -0.2) is 4.79 Å². The Morgan fingerprint density at radius 1 is 1.04 bits per heavy atom. The molecule has 0 aromatic heterocycles. The molecule has 2 amide bonds. The number of para-hydroxylation sites is 2. The number of fused-ring (bicyclic) bond motifs is 1. The van der Waals surface area contributed by atoms with Gasteiger partial charge >= 0.3 is 6.03 Å². The Kier molecular flexibility index (Phi) is 4.69. The number of nitrogens with one attached hydrogen (secondary N) is 1. The Hall–Kier alpha value is -2.69. The zero-order chi connectivity index (χ0) is 17.9. The van der Waals surface area contributed by atoms with Gasteiger partial charge in [0.1, 0.15) is 5.75 Å². The van der Waals surface area contributed by atoms with Crippen LogP contribution in [0.5, 0.6) is 5.75 Å². The largest absolute Gasteiger partial charge is 0.495 e. The Bertz CT molecular complexity index is 784. The fourth-order valence-electron chi connectivity index (χ4n) is 3.99. The van der Waals surface area contributed by atoms with Crippen LogP contribution in [0.4, 0.5) is 10.5 Å². The first kappa shape index (κ1) is 16.8. The van der Waals surface area contributed by atoms with Gasteiger partial charge in [-0.15, -0.1) is 0 Å². The first-order valence-electron chi connectivity index (χ1n) is 9.27. The molecule has 4 rings (SSSR count). The topological polar surface area (TPSA) is 44.8 Å². The van der Waals surface area contributed by atoms with Crippen LogP contribution in [0.3, 0.4) is 0 Å². The highest BCUT2D eigenvalue weighted by Gasteiger charge is 2.27. The molecule has 2 aromatic carbocycles. The number of carbonyl (C=O) groups is 1. The van der Waals surface area contributed by atoms with E-state index in [2.05, 4.69) is 40.5 Å². The molecule has 1 atom stereocenters. The molecule has 1 N–H and O–H groups in total. The normalized spacial score (nSPS) is 19.2. The van der Waals surface area contributed by atoms with Gasteiger partial charge < -0.3 is 19.9 Å².